The van der Waals surface area contributed by atoms with E-state index in [-0.39, 0.29) is 6.03 Å². The molecule has 0 atom stereocenters. The first kappa shape index (κ1) is 19.9. The maximum Gasteiger partial charge on any atom is 0.322 e. The van der Waals surface area contributed by atoms with Crippen LogP contribution in [0.2, 0.25) is 0 Å². The number of hydrogen-bond acceptors (Lipinski definition) is 3. The molecule has 0 spiro atoms. The normalized spacial score (nSPS) is 10.8. The fraction of sp³-hybridized carbons (Fsp3) is 0.381. The molecule has 2 rings (SSSR count). The SMILES string of the molecule is CCOCc1ccccc1NC(=O)N(CCN(C)C)Cc1ccccc1. The van der Waals surface area contributed by atoms with E-state index in [1.165, 1.54) is 0 Å². The van der Waals surface area contributed by atoms with Crippen LogP contribution in [-0.2, 0) is 17.9 Å². The topological polar surface area (TPSA) is 44.8 Å². The highest BCUT2D eigenvalue weighted by Gasteiger charge is 2.16. The molecule has 0 aliphatic heterocycles. The van der Waals surface area contributed by atoms with Gasteiger partial charge in [-0.3, -0.25) is 0 Å². The van der Waals surface area contributed by atoms with E-state index < -0.39 is 0 Å². The molecule has 0 aliphatic rings. The molecule has 0 fully saturated rings. The number of carbonyl (C=O) groups is 1. The molecule has 0 aromatic heterocycles. The number of hydrogen-bond donors (Lipinski definition) is 1. The average molecular weight is 355 g/mol. The Bertz CT molecular complexity index is 674. The van der Waals surface area contributed by atoms with Crippen LogP contribution in [0.5, 0.6) is 0 Å². The van der Waals surface area contributed by atoms with Gasteiger partial charge in [0.25, 0.3) is 0 Å². The molecule has 2 amide bonds. The molecule has 0 bridgehead atoms. The van der Waals surface area contributed by atoms with Gasteiger partial charge >= 0.3 is 6.03 Å². The maximum atomic E-state index is 12.9. The van der Waals surface area contributed by atoms with Crippen LogP contribution < -0.4 is 5.32 Å². The van der Waals surface area contributed by atoms with E-state index in [2.05, 4.69) is 10.2 Å². The third kappa shape index (κ3) is 6.50. The van der Waals surface area contributed by atoms with Crippen LogP contribution in [-0.4, -0.2) is 49.6 Å². The highest BCUT2D eigenvalue weighted by molar-refractivity contribution is 5.90. The first-order valence-electron chi connectivity index (χ1n) is 9.00. The summed E-state index contributed by atoms with van der Waals surface area (Å²) in [6.07, 6.45) is 0. The van der Waals surface area contributed by atoms with Crippen LogP contribution in [0.1, 0.15) is 18.1 Å². The van der Waals surface area contributed by atoms with E-state index in [1.54, 1.807) is 0 Å². The van der Waals surface area contributed by atoms with Crippen molar-refractivity contribution in [1.82, 2.24) is 9.80 Å². The third-order valence-corrected chi connectivity index (χ3v) is 4.04. The van der Waals surface area contributed by atoms with Crippen molar-refractivity contribution in [3.8, 4) is 0 Å². The Labute approximate surface area is 156 Å². The van der Waals surface area contributed by atoms with Crippen molar-refractivity contribution in [1.29, 1.82) is 0 Å². The number of nitrogens with one attached hydrogen (secondary N) is 1. The summed E-state index contributed by atoms with van der Waals surface area (Å²) in [5.41, 5.74) is 2.90. The zero-order valence-electron chi connectivity index (χ0n) is 15.9. The molecule has 140 valence electrons. The van der Waals surface area contributed by atoms with Gasteiger partial charge < -0.3 is 19.9 Å². The zero-order valence-corrected chi connectivity index (χ0v) is 15.9. The number of nitrogens with zero attached hydrogens (tertiary/aromatic N) is 2. The van der Waals surface area contributed by atoms with Crippen LogP contribution in [0.15, 0.2) is 54.6 Å². The summed E-state index contributed by atoms with van der Waals surface area (Å²) < 4.78 is 5.51. The molecule has 26 heavy (non-hydrogen) atoms. The lowest BCUT2D eigenvalue weighted by atomic mass is 10.2. The summed E-state index contributed by atoms with van der Waals surface area (Å²) >= 11 is 0. The molecule has 0 saturated carbocycles. The van der Waals surface area contributed by atoms with Gasteiger partial charge in [0.1, 0.15) is 0 Å². The van der Waals surface area contributed by atoms with Gasteiger partial charge in [0, 0.05) is 37.5 Å². The summed E-state index contributed by atoms with van der Waals surface area (Å²) in [4.78, 5) is 16.8. The molecule has 2 aromatic rings. The molecular weight excluding hydrogens is 326 g/mol. The van der Waals surface area contributed by atoms with Crippen LogP contribution in [0, 0.1) is 0 Å². The summed E-state index contributed by atoms with van der Waals surface area (Å²) in [7, 11) is 4.02. The maximum absolute atomic E-state index is 12.9. The van der Waals surface area contributed by atoms with Gasteiger partial charge in [0.05, 0.1) is 6.61 Å². The van der Waals surface area contributed by atoms with E-state index in [0.29, 0.717) is 26.3 Å². The molecule has 2 aromatic carbocycles. The van der Waals surface area contributed by atoms with Crippen molar-refractivity contribution in [2.24, 2.45) is 0 Å². The molecule has 0 aliphatic carbocycles. The predicted molar refractivity (Wildman–Crippen MR) is 106 cm³/mol. The van der Waals surface area contributed by atoms with Gasteiger partial charge in [-0.2, -0.15) is 0 Å². The Balaban J connectivity index is 2.10. The number of likely N-dealkylation sites (N-methyl/N-ethyl adjacent to an activating group) is 1. The number of carbonyl (C=O) groups excluding carboxylic acids is 1. The molecule has 0 radical (unpaired) electrons. The van der Waals surface area contributed by atoms with Crippen molar-refractivity contribution >= 4 is 11.7 Å². The van der Waals surface area contributed by atoms with Gasteiger partial charge in [-0.05, 0) is 32.6 Å². The van der Waals surface area contributed by atoms with Crippen molar-refractivity contribution < 1.29 is 9.53 Å². The van der Waals surface area contributed by atoms with E-state index in [0.717, 1.165) is 23.4 Å². The first-order valence-corrected chi connectivity index (χ1v) is 9.00. The van der Waals surface area contributed by atoms with E-state index >= 15 is 0 Å². The van der Waals surface area contributed by atoms with E-state index in [1.807, 2.05) is 80.5 Å². The second-order valence-corrected chi connectivity index (χ2v) is 6.43. The predicted octanol–water partition coefficient (Wildman–Crippen LogP) is 3.82. The summed E-state index contributed by atoms with van der Waals surface area (Å²) in [6, 6.07) is 17.7. The van der Waals surface area contributed by atoms with Crippen molar-refractivity contribution in [2.75, 3.05) is 39.1 Å². The van der Waals surface area contributed by atoms with Gasteiger partial charge in [0.2, 0.25) is 0 Å². The Morgan fingerprint density at radius 3 is 2.38 bits per heavy atom. The minimum absolute atomic E-state index is 0.0975. The van der Waals surface area contributed by atoms with Crippen molar-refractivity contribution in [3.05, 3.63) is 65.7 Å². The average Bonchev–Trinajstić information content (AvgIpc) is 2.65. The summed E-state index contributed by atoms with van der Waals surface area (Å²) in [6.45, 7) is 5.13. The lowest BCUT2D eigenvalue weighted by molar-refractivity contribution is 0.134. The Hall–Kier alpha value is -2.37. The Morgan fingerprint density at radius 1 is 1.00 bits per heavy atom. The van der Waals surface area contributed by atoms with Crippen LogP contribution in [0.3, 0.4) is 0 Å². The number of ether oxygens (including phenoxy) is 1. The number of para-hydroxylation sites is 1. The smallest absolute Gasteiger partial charge is 0.322 e. The quantitative estimate of drug-likeness (QED) is 0.744. The number of urea groups is 1. The number of anilines is 1. The zero-order chi connectivity index (χ0) is 18.8. The van der Waals surface area contributed by atoms with Crippen molar-refractivity contribution in [2.45, 2.75) is 20.1 Å². The molecule has 0 heterocycles. The lowest BCUT2D eigenvalue weighted by Gasteiger charge is -2.25. The number of rotatable bonds is 9. The highest BCUT2D eigenvalue weighted by Crippen LogP contribution is 2.17. The fourth-order valence-electron chi connectivity index (χ4n) is 2.55. The van der Waals surface area contributed by atoms with Crippen LogP contribution in [0.4, 0.5) is 10.5 Å². The fourth-order valence-corrected chi connectivity index (χ4v) is 2.55. The number of amides is 2. The first-order chi connectivity index (χ1) is 12.6. The molecule has 5 heteroatoms. The Kier molecular flexibility index (Phi) is 8.12. The molecule has 1 N–H and O–H groups in total. The van der Waals surface area contributed by atoms with E-state index in [9.17, 15) is 4.79 Å². The van der Waals surface area contributed by atoms with E-state index in [4.69, 9.17) is 4.74 Å². The summed E-state index contributed by atoms with van der Waals surface area (Å²) in [5.74, 6) is 0. The Morgan fingerprint density at radius 2 is 1.69 bits per heavy atom. The lowest BCUT2D eigenvalue weighted by Crippen LogP contribution is -2.39. The van der Waals surface area contributed by atoms with Gasteiger partial charge in [-0.25, -0.2) is 4.79 Å². The monoisotopic (exact) mass is 355 g/mol. The number of benzene rings is 2. The largest absolute Gasteiger partial charge is 0.377 e. The highest BCUT2D eigenvalue weighted by atomic mass is 16.5. The molecular formula is C21H29N3O2. The van der Waals surface area contributed by atoms with Crippen LogP contribution >= 0.6 is 0 Å². The van der Waals surface area contributed by atoms with Gasteiger partial charge in [-0.15, -0.1) is 0 Å². The molecule has 5 nitrogen and oxygen atoms in total. The molecule has 0 saturated heterocycles. The second-order valence-electron chi connectivity index (χ2n) is 6.43. The van der Waals surface area contributed by atoms with Gasteiger partial charge in [0.15, 0.2) is 0 Å². The minimum Gasteiger partial charge on any atom is -0.377 e. The minimum atomic E-state index is -0.0975. The van der Waals surface area contributed by atoms with Gasteiger partial charge in [-0.1, -0.05) is 48.5 Å². The van der Waals surface area contributed by atoms with Crippen LogP contribution in [0.25, 0.3) is 0 Å². The second kappa shape index (κ2) is 10.6. The summed E-state index contributed by atoms with van der Waals surface area (Å²) in [5, 5.41) is 3.05. The van der Waals surface area contributed by atoms with Crippen molar-refractivity contribution in [3.63, 3.8) is 0 Å². The standard InChI is InChI=1S/C21H29N3O2/c1-4-26-17-19-12-8-9-13-20(19)22-21(25)24(15-14-23(2)3)16-18-10-6-5-7-11-18/h5-13H,4,14-17H2,1-3H3,(H,22,25). The third-order valence-electron chi connectivity index (χ3n) is 4.04. The molecule has 0 unspecified atom stereocenters.